The van der Waals surface area contributed by atoms with E-state index in [9.17, 15) is 0 Å². The van der Waals surface area contributed by atoms with Crippen LogP contribution in [0.4, 0.5) is 5.69 Å². The molecule has 0 radical (unpaired) electrons. The van der Waals surface area contributed by atoms with Crippen LogP contribution in [-0.2, 0) is 11.9 Å². The van der Waals surface area contributed by atoms with Crippen LogP contribution in [0.15, 0.2) is 48.5 Å². The number of anilines is 1. The molecule has 3 heteroatoms. The molecule has 0 aliphatic carbocycles. The normalized spacial score (nSPS) is 10.5. The summed E-state index contributed by atoms with van der Waals surface area (Å²) in [5, 5.41) is 1.61. The summed E-state index contributed by atoms with van der Waals surface area (Å²) in [4.78, 5) is 2.32. The Morgan fingerprint density at radius 2 is 1.84 bits per heavy atom. The van der Waals surface area contributed by atoms with Crippen molar-refractivity contribution in [2.75, 3.05) is 11.4 Å². The van der Waals surface area contributed by atoms with E-state index in [-0.39, 0.29) is 0 Å². The molecule has 19 heavy (non-hydrogen) atoms. The summed E-state index contributed by atoms with van der Waals surface area (Å²) in [6.45, 7) is 4.02. The zero-order valence-corrected chi connectivity index (χ0v) is 13.3. The first kappa shape index (κ1) is 14.4. The van der Waals surface area contributed by atoms with Gasteiger partial charge in [-0.25, -0.2) is 0 Å². The summed E-state index contributed by atoms with van der Waals surface area (Å²) in [7, 11) is 0. The average Bonchev–Trinajstić information content (AvgIpc) is 2.46. The standard InChI is InChI=1S/C16H17BrClN/c1-2-19(12-13-6-4-3-5-7-13)15-9-8-14(11-17)16(18)10-15/h3-10H,2,11-12H2,1H3. The van der Waals surface area contributed by atoms with Gasteiger partial charge >= 0.3 is 0 Å². The van der Waals surface area contributed by atoms with Gasteiger partial charge in [-0.1, -0.05) is 63.9 Å². The first-order valence-corrected chi connectivity index (χ1v) is 7.87. The minimum atomic E-state index is 0.789. The van der Waals surface area contributed by atoms with Gasteiger partial charge in [0.15, 0.2) is 0 Å². The maximum absolute atomic E-state index is 6.28. The molecular weight excluding hydrogens is 322 g/mol. The summed E-state index contributed by atoms with van der Waals surface area (Å²) in [5.74, 6) is 0. The van der Waals surface area contributed by atoms with Crippen LogP contribution in [0.5, 0.6) is 0 Å². The Morgan fingerprint density at radius 1 is 1.11 bits per heavy atom. The van der Waals surface area contributed by atoms with Crippen molar-refractivity contribution < 1.29 is 0 Å². The van der Waals surface area contributed by atoms with E-state index in [2.05, 4.69) is 64.2 Å². The van der Waals surface area contributed by atoms with Crippen LogP contribution in [-0.4, -0.2) is 6.54 Å². The van der Waals surface area contributed by atoms with Crippen LogP contribution in [0.25, 0.3) is 0 Å². The predicted molar refractivity (Wildman–Crippen MR) is 87.2 cm³/mol. The Kier molecular flexibility index (Phi) is 5.29. The number of hydrogen-bond acceptors (Lipinski definition) is 1. The molecule has 0 spiro atoms. The molecule has 0 fully saturated rings. The Balaban J connectivity index is 2.20. The summed E-state index contributed by atoms with van der Waals surface area (Å²) in [5.41, 5.74) is 3.60. The summed E-state index contributed by atoms with van der Waals surface area (Å²) in [6, 6.07) is 16.8. The molecule has 100 valence electrons. The first-order chi connectivity index (χ1) is 9.24. The van der Waals surface area contributed by atoms with E-state index in [0.29, 0.717) is 0 Å². The van der Waals surface area contributed by atoms with E-state index >= 15 is 0 Å². The highest BCUT2D eigenvalue weighted by Crippen LogP contribution is 2.26. The lowest BCUT2D eigenvalue weighted by Gasteiger charge is -2.24. The van der Waals surface area contributed by atoms with Crippen molar-refractivity contribution in [3.05, 3.63) is 64.7 Å². The molecule has 2 rings (SSSR count). The Labute approximate surface area is 128 Å². The van der Waals surface area contributed by atoms with Crippen LogP contribution in [0.3, 0.4) is 0 Å². The molecule has 1 nitrogen and oxygen atoms in total. The van der Waals surface area contributed by atoms with Gasteiger partial charge < -0.3 is 4.90 Å². The number of benzene rings is 2. The second-order valence-electron chi connectivity index (χ2n) is 4.41. The highest BCUT2D eigenvalue weighted by atomic mass is 79.9. The van der Waals surface area contributed by atoms with E-state index in [4.69, 9.17) is 11.6 Å². The van der Waals surface area contributed by atoms with Crippen LogP contribution in [0.1, 0.15) is 18.1 Å². The third kappa shape index (κ3) is 3.74. The van der Waals surface area contributed by atoms with Crippen LogP contribution >= 0.6 is 27.5 Å². The third-order valence-corrected chi connectivity index (χ3v) is 4.10. The van der Waals surface area contributed by atoms with Crippen LogP contribution < -0.4 is 4.90 Å². The average molecular weight is 339 g/mol. The quantitative estimate of drug-likeness (QED) is 0.672. The molecule has 0 aliphatic heterocycles. The maximum Gasteiger partial charge on any atom is 0.0467 e. The smallest absolute Gasteiger partial charge is 0.0467 e. The molecule has 0 aliphatic rings. The van der Waals surface area contributed by atoms with E-state index in [1.165, 1.54) is 11.3 Å². The van der Waals surface area contributed by atoms with Crippen molar-refractivity contribution in [1.29, 1.82) is 0 Å². The summed E-state index contributed by atoms with van der Waals surface area (Å²) < 4.78 is 0. The van der Waals surface area contributed by atoms with Gasteiger partial charge in [0.2, 0.25) is 0 Å². The maximum atomic E-state index is 6.28. The molecule has 0 N–H and O–H groups in total. The summed E-state index contributed by atoms with van der Waals surface area (Å²) >= 11 is 9.72. The summed E-state index contributed by atoms with van der Waals surface area (Å²) in [6.07, 6.45) is 0. The van der Waals surface area contributed by atoms with E-state index in [1.807, 2.05) is 12.1 Å². The molecule has 0 amide bonds. The van der Waals surface area contributed by atoms with Gasteiger partial charge in [-0.05, 0) is 30.2 Å². The fourth-order valence-corrected chi connectivity index (χ4v) is 2.92. The zero-order valence-electron chi connectivity index (χ0n) is 10.9. The van der Waals surface area contributed by atoms with Crippen LogP contribution in [0, 0.1) is 0 Å². The van der Waals surface area contributed by atoms with Gasteiger partial charge in [-0.3, -0.25) is 0 Å². The van der Waals surface area contributed by atoms with Gasteiger partial charge in [0.1, 0.15) is 0 Å². The van der Waals surface area contributed by atoms with Crippen molar-refractivity contribution >= 4 is 33.2 Å². The Morgan fingerprint density at radius 3 is 2.42 bits per heavy atom. The highest BCUT2D eigenvalue weighted by Gasteiger charge is 2.07. The molecule has 0 bridgehead atoms. The lowest BCUT2D eigenvalue weighted by molar-refractivity contribution is 0.832. The van der Waals surface area contributed by atoms with Crippen molar-refractivity contribution in [2.24, 2.45) is 0 Å². The largest absolute Gasteiger partial charge is 0.367 e. The molecule has 0 aromatic heterocycles. The first-order valence-electron chi connectivity index (χ1n) is 6.38. The number of hydrogen-bond donors (Lipinski definition) is 0. The van der Waals surface area contributed by atoms with E-state index in [0.717, 1.165) is 29.0 Å². The highest BCUT2D eigenvalue weighted by molar-refractivity contribution is 9.08. The lowest BCUT2D eigenvalue weighted by Crippen LogP contribution is -2.21. The molecule has 0 atom stereocenters. The van der Waals surface area contributed by atoms with E-state index < -0.39 is 0 Å². The third-order valence-electron chi connectivity index (χ3n) is 3.14. The number of halogens is 2. The lowest BCUT2D eigenvalue weighted by atomic mass is 10.1. The monoisotopic (exact) mass is 337 g/mol. The van der Waals surface area contributed by atoms with Crippen molar-refractivity contribution in [3.63, 3.8) is 0 Å². The van der Waals surface area contributed by atoms with Gasteiger partial charge in [-0.15, -0.1) is 0 Å². The van der Waals surface area contributed by atoms with Gasteiger partial charge in [-0.2, -0.15) is 0 Å². The number of rotatable bonds is 5. The second-order valence-corrected chi connectivity index (χ2v) is 5.38. The molecule has 0 heterocycles. The van der Waals surface area contributed by atoms with Crippen molar-refractivity contribution in [2.45, 2.75) is 18.8 Å². The van der Waals surface area contributed by atoms with Crippen LogP contribution in [0.2, 0.25) is 5.02 Å². The molecule has 2 aromatic carbocycles. The molecule has 0 unspecified atom stereocenters. The fraction of sp³-hybridized carbons (Fsp3) is 0.250. The van der Waals surface area contributed by atoms with Crippen molar-refractivity contribution in [3.8, 4) is 0 Å². The van der Waals surface area contributed by atoms with Gasteiger partial charge in [0.25, 0.3) is 0 Å². The molecule has 0 saturated carbocycles. The molecule has 0 saturated heterocycles. The van der Waals surface area contributed by atoms with Gasteiger partial charge in [0, 0.05) is 29.1 Å². The number of nitrogens with zero attached hydrogens (tertiary/aromatic N) is 1. The SMILES string of the molecule is CCN(Cc1ccccc1)c1ccc(CBr)c(Cl)c1. The topological polar surface area (TPSA) is 3.24 Å². The molecule has 2 aromatic rings. The minimum absolute atomic E-state index is 0.789. The van der Waals surface area contributed by atoms with Crippen molar-refractivity contribution in [1.82, 2.24) is 0 Å². The Bertz CT molecular complexity index is 528. The fourth-order valence-electron chi connectivity index (χ4n) is 2.03. The zero-order chi connectivity index (χ0) is 13.7. The predicted octanol–water partition coefficient (Wildman–Crippen LogP) is 5.26. The second kappa shape index (κ2) is 6.97. The van der Waals surface area contributed by atoms with E-state index in [1.54, 1.807) is 0 Å². The Hall–Kier alpha value is -0.990. The number of alkyl halides is 1. The van der Waals surface area contributed by atoms with Gasteiger partial charge in [0.05, 0.1) is 0 Å². The molecular formula is C16H17BrClN. The minimum Gasteiger partial charge on any atom is -0.367 e.